The molecule has 0 radical (unpaired) electrons. The zero-order chi connectivity index (χ0) is 17.5. The van der Waals surface area contributed by atoms with Crippen molar-refractivity contribution in [1.82, 2.24) is 0 Å². The number of thiophene rings is 2. The van der Waals surface area contributed by atoms with Gasteiger partial charge in [-0.3, -0.25) is 0 Å². The molecule has 3 aromatic carbocycles. The van der Waals surface area contributed by atoms with Crippen LogP contribution >= 0.6 is 22.7 Å². The first-order chi connectivity index (χ1) is 12.8. The minimum Gasteiger partial charge on any atom is -0.497 e. The van der Waals surface area contributed by atoms with Gasteiger partial charge in [0.1, 0.15) is 5.75 Å². The van der Waals surface area contributed by atoms with Crippen LogP contribution in [0, 0.1) is 0 Å². The van der Waals surface area contributed by atoms with Crippen molar-refractivity contribution >= 4 is 43.5 Å². The van der Waals surface area contributed by atoms with Crippen LogP contribution in [0.5, 0.6) is 5.75 Å². The van der Waals surface area contributed by atoms with Crippen molar-refractivity contribution < 1.29 is 4.74 Å². The summed E-state index contributed by atoms with van der Waals surface area (Å²) in [6.45, 7) is 0. The van der Waals surface area contributed by atoms with Gasteiger partial charge in [-0.05, 0) is 35.9 Å². The monoisotopic (exact) mass is 372 g/mol. The number of rotatable bonds is 3. The van der Waals surface area contributed by atoms with Crippen LogP contribution in [0.1, 0.15) is 0 Å². The maximum absolute atomic E-state index is 5.31. The van der Waals surface area contributed by atoms with Crippen molar-refractivity contribution in [2.75, 3.05) is 7.11 Å². The van der Waals surface area contributed by atoms with E-state index in [0.717, 1.165) is 5.75 Å². The molecule has 0 aliphatic carbocycles. The number of hydrogen-bond donors (Lipinski definition) is 0. The lowest BCUT2D eigenvalue weighted by Crippen LogP contribution is -1.81. The summed E-state index contributed by atoms with van der Waals surface area (Å²) < 4.78 is 6.65. The summed E-state index contributed by atoms with van der Waals surface area (Å²) in [5, 5.41) is 6.27. The van der Waals surface area contributed by atoms with Crippen molar-refractivity contribution in [3.8, 4) is 26.6 Å². The molecular weight excluding hydrogens is 356 g/mol. The Bertz CT molecular complexity index is 1210. The van der Waals surface area contributed by atoms with E-state index in [1.807, 2.05) is 34.8 Å². The van der Waals surface area contributed by atoms with Crippen LogP contribution in [0.2, 0.25) is 0 Å². The maximum atomic E-state index is 5.31. The summed E-state index contributed by atoms with van der Waals surface area (Å²) in [5.41, 5.74) is 2.57. The molecule has 0 atom stereocenters. The number of hydrogen-bond acceptors (Lipinski definition) is 3. The van der Waals surface area contributed by atoms with E-state index in [1.165, 1.54) is 41.7 Å². The molecule has 0 aliphatic heterocycles. The van der Waals surface area contributed by atoms with Gasteiger partial charge in [0.05, 0.1) is 7.11 Å². The maximum Gasteiger partial charge on any atom is 0.118 e. The highest BCUT2D eigenvalue weighted by atomic mass is 32.1. The van der Waals surface area contributed by atoms with Crippen molar-refractivity contribution in [3.05, 3.63) is 78.2 Å². The van der Waals surface area contributed by atoms with E-state index in [2.05, 4.69) is 66.0 Å². The first-order valence-electron chi connectivity index (χ1n) is 8.48. The first kappa shape index (κ1) is 15.6. The summed E-state index contributed by atoms with van der Waals surface area (Å²) in [6, 6.07) is 25.7. The minimum absolute atomic E-state index is 0.888. The minimum atomic E-state index is 0.888. The van der Waals surface area contributed by atoms with E-state index in [-0.39, 0.29) is 0 Å². The Kier molecular flexibility index (Phi) is 3.77. The molecule has 0 N–H and O–H groups in total. The van der Waals surface area contributed by atoms with Crippen LogP contribution < -0.4 is 4.74 Å². The third kappa shape index (κ3) is 2.44. The third-order valence-electron chi connectivity index (χ3n) is 4.70. The largest absolute Gasteiger partial charge is 0.497 e. The molecule has 0 saturated heterocycles. The SMILES string of the molecule is COc1ccc(-c2sc(-c3csc4ccccc34)c3ccccc23)cc1. The lowest BCUT2D eigenvalue weighted by atomic mass is 10.0. The summed E-state index contributed by atoms with van der Waals surface area (Å²) in [5.74, 6) is 0.888. The molecule has 2 aromatic heterocycles. The van der Waals surface area contributed by atoms with Gasteiger partial charge in [0.15, 0.2) is 0 Å². The molecular formula is C23H16OS2. The quantitative estimate of drug-likeness (QED) is 0.319. The van der Waals surface area contributed by atoms with Gasteiger partial charge in [-0.2, -0.15) is 0 Å². The third-order valence-corrected chi connectivity index (χ3v) is 6.97. The number of fused-ring (bicyclic) bond motifs is 2. The van der Waals surface area contributed by atoms with Crippen molar-refractivity contribution in [2.24, 2.45) is 0 Å². The highest BCUT2D eigenvalue weighted by Gasteiger charge is 2.16. The fraction of sp³-hybridized carbons (Fsp3) is 0.0435. The van der Waals surface area contributed by atoms with Gasteiger partial charge in [0, 0.05) is 41.6 Å². The van der Waals surface area contributed by atoms with Crippen LogP contribution in [0.25, 0.3) is 41.7 Å². The molecule has 0 unspecified atom stereocenters. The molecule has 126 valence electrons. The highest BCUT2D eigenvalue weighted by Crippen LogP contribution is 2.47. The molecule has 0 saturated carbocycles. The highest BCUT2D eigenvalue weighted by molar-refractivity contribution is 7.22. The predicted molar refractivity (Wildman–Crippen MR) is 115 cm³/mol. The Morgan fingerprint density at radius 3 is 2.08 bits per heavy atom. The van der Waals surface area contributed by atoms with Gasteiger partial charge in [0.2, 0.25) is 0 Å². The smallest absolute Gasteiger partial charge is 0.118 e. The van der Waals surface area contributed by atoms with Gasteiger partial charge in [-0.25, -0.2) is 0 Å². The average molecular weight is 373 g/mol. The summed E-state index contributed by atoms with van der Waals surface area (Å²) in [7, 11) is 1.70. The Morgan fingerprint density at radius 2 is 1.35 bits per heavy atom. The molecule has 26 heavy (non-hydrogen) atoms. The summed E-state index contributed by atoms with van der Waals surface area (Å²) >= 11 is 3.70. The second-order valence-electron chi connectivity index (χ2n) is 6.18. The summed E-state index contributed by atoms with van der Waals surface area (Å²) in [4.78, 5) is 2.66. The van der Waals surface area contributed by atoms with Crippen LogP contribution in [0.4, 0.5) is 0 Å². The molecule has 0 aliphatic rings. The summed E-state index contributed by atoms with van der Waals surface area (Å²) in [6.07, 6.45) is 0. The normalized spacial score (nSPS) is 11.3. The van der Waals surface area contributed by atoms with E-state index in [4.69, 9.17) is 4.74 Å². The van der Waals surface area contributed by atoms with E-state index in [1.54, 1.807) is 7.11 Å². The van der Waals surface area contributed by atoms with Gasteiger partial charge in [-0.1, -0.05) is 42.5 Å². The topological polar surface area (TPSA) is 9.23 Å². The second-order valence-corrected chi connectivity index (χ2v) is 8.11. The molecule has 1 nitrogen and oxygen atoms in total. The van der Waals surface area contributed by atoms with E-state index >= 15 is 0 Å². The lowest BCUT2D eigenvalue weighted by molar-refractivity contribution is 0.415. The Balaban J connectivity index is 1.77. The average Bonchev–Trinajstić information content (AvgIpc) is 3.29. The lowest BCUT2D eigenvalue weighted by Gasteiger charge is -2.02. The van der Waals surface area contributed by atoms with E-state index < -0.39 is 0 Å². The molecule has 0 bridgehead atoms. The van der Waals surface area contributed by atoms with Crippen molar-refractivity contribution in [3.63, 3.8) is 0 Å². The molecule has 3 heteroatoms. The number of methoxy groups -OCH3 is 1. The van der Waals surface area contributed by atoms with Crippen LogP contribution in [-0.2, 0) is 0 Å². The molecule has 5 aromatic rings. The predicted octanol–water partition coefficient (Wildman–Crippen LogP) is 7.46. The van der Waals surface area contributed by atoms with Crippen LogP contribution in [0.3, 0.4) is 0 Å². The van der Waals surface area contributed by atoms with Gasteiger partial charge < -0.3 is 4.74 Å². The fourth-order valence-corrected chi connectivity index (χ4v) is 5.74. The van der Waals surface area contributed by atoms with E-state index in [9.17, 15) is 0 Å². The number of benzene rings is 3. The zero-order valence-electron chi connectivity index (χ0n) is 14.2. The molecule has 5 rings (SSSR count). The van der Waals surface area contributed by atoms with Gasteiger partial charge in [-0.15, -0.1) is 22.7 Å². The second kappa shape index (κ2) is 6.27. The standard InChI is InChI=1S/C23H16OS2/c1-24-16-12-10-15(11-13-16)22-18-7-2-3-8-19(18)23(26-22)20-14-25-21-9-5-4-6-17(20)21/h2-14H,1H3. The molecule has 0 fully saturated rings. The Morgan fingerprint density at radius 1 is 0.692 bits per heavy atom. The fourth-order valence-electron chi connectivity index (χ4n) is 3.40. The van der Waals surface area contributed by atoms with E-state index in [0.29, 0.717) is 0 Å². The molecule has 0 spiro atoms. The van der Waals surface area contributed by atoms with Crippen molar-refractivity contribution in [1.29, 1.82) is 0 Å². The molecule has 0 amide bonds. The molecule has 2 heterocycles. The zero-order valence-corrected chi connectivity index (χ0v) is 15.9. The van der Waals surface area contributed by atoms with Crippen LogP contribution in [0.15, 0.2) is 78.2 Å². The van der Waals surface area contributed by atoms with Gasteiger partial charge >= 0.3 is 0 Å². The Labute approximate surface area is 160 Å². The first-order valence-corrected chi connectivity index (χ1v) is 10.2. The number of ether oxygens (including phenoxy) is 1. The van der Waals surface area contributed by atoms with Crippen LogP contribution in [-0.4, -0.2) is 7.11 Å². The van der Waals surface area contributed by atoms with Crippen molar-refractivity contribution in [2.45, 2.75) is 0 Å². The Hall–Kier alpha value is -2.62. The van der Waals surface area contributed by atoms with Gasteiger partial charge in [0.25, 0.3) is 0 Å².